The van der Waals surface area contributed by atoms with Crippen molar-refractivity contribution in [1.82, 2.24) is 4.90 Å². The first-order chi connectivity index (χ1) is 6.65. The van der Waals surface area contributed by atoms with Gasteiger partial charge in [0, 0.05) is 24.9 Å². The molecule has 3 nitrogen and oxygen atoms in total. The van der Waals surface area contributed by atoms with E-state index in [0.717, 1.165) is 12.2 Å². The van der Waals surface area contributed by atoms with Crippen LogP contribution in [0.1, 0.15) is 26.2 Å². The van der Waals surface area contributed by atoms with Crippen LogP contribution in [0, 0.1) is 0 Å². The van der Waals surface area contributed by atoms with Gasteiger partial charge in [0.05, 0.1) is 5.75 Å². The van der Waals surface area contributed by atoms with Gasteiger partial charge in [-0.2, -0.15) is 11.8 Å². The average Bonchev–Trinajstić information content (AvgIpc) is 2.99. The van der Waals surface area contributed by atoms with Gasteiger partial charge in [-0.15, -0.1) is 0 Å². The van der Waals surface area contributed by atoms with E-state index in [0.29, 0.717) is 11.8 Å². The van der Waals surface area contributed by atoms with Gasteiger partial charge in [-0.05, 0) is 19.3 Å². The molecule has 0 saturated heterocycles. The number of carbonyl (C=O) groups is 1. The van der Waals surface area contributed by atoms with Crippen LogP contribution in [0.25, 0.3) is 0 Å². The van der Waals surface area contributed by atoms with Crippen LogP contribution in [-0.4, -0.2) is 41.4 Å². The van der Waals surface area contributed by atoms with Crippen LogP contribution < -0.4 is 5.73 Å². The number of amides is 1. The van der Waals surface area contributed by atoms with Gasteiger partial charge in [-0.25, -0.2) is 0 Å². The molecule has 0 aromatic rings. The van der Waals surface area contributed by atoms with Crippen molar-refractivity contribution in [2.75, 3.05) is 18.6 Å². The van der Waals surface area contributed by atoms with Gasteiger partial charge in [0.15, 0.2) is 0 Å². The van der Waals surface area contributed by atoms with Crippen LogP contribution in [0.2, 0.25) is 0 Å². The van der Waals surface area contributed by atoms with Crippen LogP contribution >= 0.6 is 11.8 Å². The van der Waals surface area contributed by atoms with E-state index in [1.54, 1.807) is 11.8 Å². The van der Waals surface area contributed by atoms with E-state index < -0.39 is 0 Å². The first kappa shape index (κ1) is 11.9. The van der Waals surface area contributed by atoms with Gasteiger partial charge < -0.3 is 10.6 Å². The normalized spacial score (nSPS) is 17.9. The van der Waals surface area contributed by atoms with Gasteiger partial charge in [0.1, 0.15) is 0 Å². The second kappa shape index (κ2) is 5.61. The summed E-state index contributed by atoms with van der Waals surface area (Å²) >= 11 is 1.65. The van der Waals surface area contributed by atoms with E-state index in [4.69, 9.17) is 5.73 Å². The molecule has 2 N–H and O–H groups in total. The lowest BCUT2D eigenvalue weighted by molar-refractivity contribution is -0.127. The highest BCUT2D eigenvalue weighted by Gasteiger charge is 2.29. The monoisotopic (exact) mass is 216 g/mol. The summed E-state index contributed by atoms with van der Waals surface area (Å²) in [5.74, 6) is 1.72. The molecule has 1 amide bonds. The standard InChI is InChI=1S/C10H20N2OS/c1-3-8(11)6-14-7-10(13)12(2)9-4-5-9/h8-9H,3-7,11H2,1-2H3. The zero-order chi connectivity index (χ0) is 10.6. The SMILES string of the molecule is CCC(N)CSCC(=O)N(C)C1CC1. The summed E-state index contributed by atoms with van der Waals surface area (Å²) in [6, 6.07) is 0.766. The van der Waals surface area contributed by atoms with Crippen molar-refractivity contribution in [3.63, 3.8) is 0 Å². The van der Waals surface area contributed by atoms with Crippen molar-refractivity contribution in [3.05, 3.63) is 0 Å². The zero-order valence-corrected chi connectivity index (χ0v) is 9.85. The van der Waals surface area contributed by atoms with E-state index >= 15 is 0 Å². The molecule has 0 aromatic heterocycles. The van der Waals surface area contributed by atoms with Gasteiger partial charge in [0.25, 0.3) is 0 Å². The molecule has 1 fully saturated rings. The highest BCUT2D eigenvalue weighted by molar-refractivity contribution is 7.99. The molecule has 1 unspecified atom stereocenters. The Hall–Kier alpha value is -0.220. The highest BCUT2D eigenvalue weighted by atomic mass is 32.2. The van der Waals surface area contributed by atoms with Crippen LogP contribution in [0.15, 0.2) is 0 Å². The number of nitrogens with two attached hydrogens (primary N) is 1. The minimum Gasteiger partial charge on any atom is -0.342 e. The minimum absolute atomic E-state index is 0.235. The Balaban J connectivity index is 2.08. The van der Waals surface area contributed by atoms with Crippen molar-refractivity contribution >= 4 is 17.7 Å². The van der Waals surface area contributed by atoms with Gasteiger partial charge in [-0.3, -0.25) is 4.79 Å². The average molecular weight is 216 g/mol. The zero-order valence-electron chi connectivity index (χ0n) is 9.03. The Morgan fingerprint density at radius 1 is 1.64 bits per heavy atom. The van der Waals surface area contributed by atoms with Crippen molar-refractivity contribution in [1.29, 1.82) is 0 Å². The van der Waals surface area contributed by atoms with E-state index in [1.165, 1.54) is 12.8 Å². The van der Waals surface area contributed by atoms with E-state index in [1.807, 2.05) is 11.9 Å². The highest BCUT2D eigenvalue weighted by Crippen LogP contribution is 2.25. The number of hydrogen-bond donors (Lipinski definition) is 1. The minimum atomic E-state index is 0.235. The number of rotatable bonds is 6. The fourth-order valence-electron chi connectivity index (χ4n) is 1.18. The third kappa shape index (κ3) is 3.88. The number of thioether (sulfide) groups is 1. The summed E-state index contributed by atoms with van der Waals surface area (Å²) in [5, 5.41) is 0. The Morgan fingerprint density at radius 2 is 2.29 bits per heavy atom. The third-order valence-electron chi connectivity index (χ3n) is 2.57. The summed E-state index contributed by atoms with van der Waals surface area (Å²) in [5.41, 5.74) is 5.76. The molecule has 0 spiro atoms. The molecule has 82 valence electrons. The Labute approximate surface area is 90.4 Å². The molecular formula is C10H20N2OS. The first-order valence-electron chi connectivity index (χ1n) is 5.24. The maximum Gasteiger partial charge on any atom is 0.232 e. The third-order valence-corrected chi connectivity index (χ3v) is 3.68. The van der Waals surface area contributed by atoms with E-state index in [9.17, 15) is 4.79 Å². The second-order valence-corrected chi connectivity index (χ2v) is 4.95. The molecule has 4 heteroatoms. The van der Waals surface area contributed by atoms with E-state index in [2.05, 4.69) is 6.92 Å². The molecule has 0 aromatic carbocycles. The predicted octanol–water partition coefficient (Wildman–Crippen LogP) is 1.08. The van der Waals surface area contributed by atoms with Crippen molar-refractivity contribution in [3.8, 4) is 0 Å². The summed E-state index contributed by atoms with van der Waals surface area (Å²) < 4.78 is 0. The lowest BCUT2D eigenvalue weighted by Gasteiger charge is -2.16. The van der Waals surface area contributed by atoms with Gasteiger partial charge in [0.2, 0.25) is 5.91 Å². The fraction of sp³-hybridized carbons (Fsp3) is 0.900. The smallest absolute Gasteiger partial charge is 0.232 e. The molecule has 0 aliphatic heterocycles. The van der Waals surface area contributed by atoms with Gasteiger partial charge in [-0.1, -0.05) is 6.92 Å². The predicted molar refractivity (Wildman–Crippen MR) is 61.4 cm³/mol. The summed E-state index contributed by atoms with van der Waals surface area (Å²) in [6.07, 6.45) is 3.35. The quantitative estimate of drug-likeness (QED) is 0.722. The van der Waals surface area contributed by atoms with Crippen LogP contribution in [0.5, 0.6) is 0 Å². The topological polar surface area (TPSA) is 46.3 Å². The van der Waals surface area contributed by atoms with Crippen molar-refractivity contribution < 1.29 is 4.79 Å². The largest absolute Gasteiger partial charge is 0.342 e. The number of nitrogens with zero attached hydrogens (tertiary/aromatic N) is 1. The lowest BCUT2D eigenvalue weighted by atomic mass is 10.3. The number of hydrogen-bond acceptors (Lipinski definition) is 3. The number of carbonyl (C=O) groups excluding carboxylic acids is 1. The van der Waals surface area contributed by atoms with Crippen molar-refractivity contribution in [2.24, 2.45) is 5.73 Å². The summed E-state index contributed by atoms with van der Waals surface area (Å²) in [7, 11) is 1.90. The first-order valence-corrected chi connectivity index (χ1v) is 6.39. The molecule has 1 rings (SSSR count). The Kier molecular flexibility index (Phi) is 4.75. The molecule has 1 aliphatic carbocycles. The molecule has 1 atom stereocenters. The maximum absolute atomic E-state index is 11.6. The molecular weight excluding hydrogens is 196 g/mol. The molecule has 0 bridgehead atoms. The molecule has 0 heterocycles. The van der Waals surface area contributed by atoms with Gasteiger partial charge >= 0.3 is 0 Å². The fourth-order valence-corrected chi connectivity index (χ4v) is 2.22. The lowest BCUT2D eigenvalue weighted by Crippen LogP contribution is -2.31. The molecule has 14 heavy (non-hydrogen) atoms. The Bertz CT molecular complexity index is 195. The van der Waals surface area contributed by atoms with Crippen molar-refractivity contribution in [2.45, 2.75) is 38.3 Å². The van der Waals surface area contributed by atoms with Crippen LogP contribution in [0.4, 0.5) is 0 Å². The van der Waals surface area contributed by atoms with E-state index in [-0.39, 0.29) is 11.9 Å². The Morgan fingerprint density at radius 3 is 2.79 bits per heavy atom. The molecule has 1 aliphatic rings. The summed E-state index contributed by atoms with van der Waals surface area (Å²) in [4.78, 5) is 13.4. The maximum atomic E-state index is 11.6. The molecule has 0 radical (unpaired) electrons. The summed E-state index contributed by atoms with van der Waals surface area (Å²) in [6.45, 7) is 2.07. The molecule has 1 saturated carbocycles. The van der Waals surface area contributed by atoms with Crippen LogP contribution in [0.3, 0.4) is 0 Å². The van der Waals surface area contributed by atoms with Crippen LogP contribution in [-0.2, 0) is 4.79 Å². The second-order valence-electron chi connectivity index (χ2n) is 3.92.